The van der Waals surface area contributed by atoms with Crippen molar-refractivity contribution in [3.05, 3.63) is 65.0 Å². The van der Waals surface area contributed by atoms with Crippen LogP contribution >= 0.6 is 0 Å². The molecule has 1 heterocycles. The Labute approximate surface area is 140 Å². The SMILES string of the molecule is CCN(CCc1ccncc1)CCC(O)c1cc(C)ccc1C. The fraction of sp³-hybridized carbons (Fsp3) is 0.450. The van der Waals surface area contributed by atoms with Crippen molar-refractivity contribution in [2.24, 2.45) is 0 Å². The molecule has 0 amide bonds. The second-order valence-corrected chi connectivity index (χ2v) is 6.20. The van der Waals surface area contributed by atoms with Crippen molar-refractivity contribution in [3.8, 4) is 0 Å². The predicted octanol–water partition coefficient (Wildman–Crippen LogP) is 3.69. The molecule has 0 bridgehead atoms. The highest BCUT2D eigenvalue weighted by atomic mass is 16.3. The fourth-order valence-electron chi connectivity index (χ4n) is 2.84. The van der Waals surface area contributed by atoms with Gasteiger partial charge in [0.25, 0.3) is 0 Å². The van der Waals surface area contributed by atoms with Gasteiger partial charge in [-0.2, -0.15) is 0 Å². The average Bonchev–Trinajstić information content (AvgIpc) is 2.58. The molecule has 0 aliphatic carbocycles. The van der Waals surface area contributed by atoms with Crippen molar-refractivity contribution < 1.29 is 5.11 Å². The number of rotatable bonds is 8. The van der Waals surface area contributed by atoms with E-state index in [0.717, 1.165) is 38.0 Å². The molecule has 0 saturated carbocycles. The number of hydrogen-bond donors (Lipinski definition) is 1. The molecule has 2 aromatic rings. The number of benzene rings is 1. The molecule has 124 valence electrons. The number of aromatic nitrogens is 1. The van der Waals surface area contributed by atoms with Crippen molar-refractivity contribution >= 4 is 0 Å². The summed E-state index contributed by atoms with van der Waals surface area (Å²) >= 11 is 0. The molecule has 0 saturated heterocycles. The van der Waals surface area contributed by atoms with Crippen molar-refractivity contribution in [2.45, 2.75) is 39.7 Å². The number of nitrogens with zero attached hydrogens (tertiary/aromatic N) is 2. The molecule has 0 fully saturated rings. The van der Waals surface area contributed by atoms with Crippen LogP contribution in [-0.2, 0) is 6.42 Å². The molecule has 1 atom stereocenters. The van der Waals surface area contributed by atoms with Gasteiger partial charge in [0.1, 0.15) is 0 Å². The summed E-state index contributed by atoms with van der Waals surface area (Å²) in [5, 5.41) is 10.5. The van der Waals surface area contributed by atoms with Crippen molar-refractivity contribution in [1.82, 2.24) is 9.88 Å². The van der Waals surface area contributed by atoms with Gasteiger partial charge in [-0.3, -0.25) is 4.98 Å². The molecular formula is C20H28N2O. The molecule has 1 aromatic carbocycles. The second kappa shape index (κ2) is 8.80. The van der Waals surface area contributed by atoms with Gasteiger partial charge in [-0.1, -0.05) is 30.7 Å². The number of likely N-dealkylation sites (N-methyl/N-ethyl adjacent to an activating group) is 1. The molecule has 0 aliphatic rings. The van der Waals surface area contributed by atoms with Crippen LogP contribution in [0.1, 0.15) is 41.7 Å². The van der Waals surface area contributed by atoms with E-state index >= 15 is 0 Å². The third kappa shape index (κ3) is 5.45. The molecule has 1 N–H and O–H groups in total. The minimum atomic E-state index is -0.384. The van der Waals surface area contributed by atoms with Crippen LogP contribution in [0.2, 0.25) is 0 Å². The summed E-state index contributed by atoms with van der Waals surface area (Å²) < 4.78 is 0. The maximum Gasteiger partial charge on any atom is 0.0804 e. The molecule has 0 aliphatic heterocycles. The first-order valence-corrected chi connectivity index (χ1v) is 8.46. The lowest BCUT2D eigenvalue weighted by molar-refractivity contribution is 0.143. The van der Waals surface area contributed by atoms with Crippen LogP contribution in [0.5, 0.6) is 0 Å². The third-order valence-electron chi connectivity index (χ3n) is 4.43. The van der Waals surface area contributed by atoms with Crippen molar-refractivity contribution in [2.75, 3.05) is 19.6 Å². The summed E-state index contributed by atoms with van der Waals surface area (Å²) in [7, 11) is 0. The first-order valence-electron chi connectivity index (χ1n) is 8.46. The van der Waals surface area contributed by atoms with Gasteiger partial charge in [-0.15, -0.1) is 0 Å². The van der Waals surface area contributed by atoms with E-state index in [-0.39, 0.29) is 6.10 Å². The Kier molecular flexibility index (Phi) is 6.75. The predicted molar refractivity (Wildman–Crippen MR) is 95.5 cm³/mol. The standard InChI is InChI=1S/C20H28N2O/c1-4-22(13-9-18-7-11-21-12-8-18)14-10-20(23)19-15-16(2)5-6-17(19)3/h5-8,11-12,15,20,23H,4,9-10,13-14H2,1-3H3. The minimum absolute atomic E-state index is 0.384. The van der Waals surface area contributed by atoms with Crippen LogP contribution in [0.15, 0.2) is 42.7 Å². The van der Waals surface area contributed by atoms with Gasteiger partial charge in [0.15, 0.2) is 0 Å². The van der Waals surface area contributed by atoms with Gasteiger partial charge >= 0.3 is 0 Å². The zero-order valence-electron chi connectivity index (χ0n) is 14.5. The number of aryl methyl sites for hydroxylation is 2. The Bertz CT molecular complexity index is 598. The van der Waals surface area contributed by atoms with E-state index in [1.165, 1.54) is 16.7 Å². The van der Waals surface area contributed by atoms with Crippen LogP contribution in [0.25, 0.3) is 0 Å². The van der Waals surface area contributed by atoms with E-state index in [4.69, 9.17) is 0 Å². The van der Waals surface area contributed by atoms with Crippen molar-refractivity contribution in [3.63, 3.8) is 0 Å². The first-order chi connectivity index (χ1) is 11.1. The van der Waals surface area contributed by atoms with E-state index in [2.05, 4.69) is 61.0 Å². The van der Waals surface area contributed by atoms with Gasteiger partial charge in [-0.05, 0) is 62.1 Å². The fourth-order valence-corrected chi connectivity index (χ4v) is 2.84. The molecule has 1 aromatic heterocycles. The molecule has 23 heavy (non-hydrogen) atoms. The highest BCUT2D eigenvalue weighted by molar-refractivity contribution is 5.32. The molecule has 0 radical (unpaired) electrons. The highest BCUT2D eigenvalue weighted by Gasteiger charge is 2.12. The quantitative estimate of drug-likeness (QED) is 0.807. The zero-order valence-corrected chi connectivity index (χ0v) is 14.5. The van der Waals surface area contributed by atoms with Gasteiger partial charge in [0.2, 0.25) is 0 Å². The Morgan fingerprint density at radius 1 is 1.09 bits per heavy atom. The van der Waals surface area contributed by atoms with Crippen LogP contribution in [-0.4, -0.2) is 34.6 Å². The molecule has 3 nitrogen and oxygen atoms in total. The van der Waals surface area contributed by atoms with Gasteiger partial charge in [-0.25, -0.2) is 0 Å². The monoisotopic (exact) mass is 312 g/mol. The lowest BCUT2D eigenvalue weighted by atomic mass is 9.99. The topological polar surface area (TPSA) is 36.4 Å². The second-order valence-electron chi connectivity index (χ2n) is 6.20. The van der Waals surface area contributed by atoms with Crippen molar-refractivity contribution in [1.29, 1.82) is 0 Å². The van der Waals surface area contributed by atoms with Gasteiger partial charge in [0.05, 0.1) is 6.10 Å². The third-order valence-corrected chi connectivity index (χ3v) is 4.43. The normalized spacial score (nSPS) is 12.6. The first kappa shape index (κ1) is 17.6. The molecule has 2 rings (SSSR count). The molecule has 1 unspecified atom stereocenters. The van der Waals surface area contributed by atoms with E-state index in [1.54, 1.807) is 0 Å². The van der Waals surface area contributed by atoms with Crippen LogP contribution in [0.4, 0.5) is 0 Å². The average molecular weight is 312 g/mol. The Morgan fingerprint density at radius 2 is 1.83 bits per heavy atom. The van der Waals surface area contributed by atoms with E-state index in [9.17, 15) is 5.11 Å². The van der Waals surface area contributed by atoms with Crippen LogP contribution < -0.4 is 0 Å². The number of pyridine rings is 1. The number of aliphatic hydroxyl groups is 1. The molecular weight excluding hydrogens is 284 g/mol. The summed E-state index contributed by atoms with van der Waals surface area (Å²) in [5.74, 6) is 0. The van der Waals surface area contributed by atoms with Gasteiger partial charge in [0, 0.05) is 25.5 Å². The summed E-state index contributed by atoms with van der Waals surface area (Å²) in [6.07, 6.45) is 5.10. The lowest BCUT2D eigenvalue weighted by Gasteiger charge is -2.23. The van der Waals surface area contributed by atoms with Gasteiger partial charge < -0.3 is 10.0 Å². The highest BCUT2D eigenvalue weighted by Crippen LogP contribution is 2.22. The Hall–Kier alpha value is -1.71. The van der Waals surface area contributed by atoms with E-state index in [1.807, 2.05) is 12.4 Å². The molecule has 0 spiro atoms. The largest absolute Gasteiger partial charge is 0.388 e. The summed E-state index contributed by atoms with van der Waals surface area (Å²) in [6.45, 7) is 9.25. The number of aliphatic hydroxyl groups excluding tert-OH is 1. The summed E-state index contributed by atoms with van der Waals surface area (Å²) in [6, 6.07) is 10.4. The van der Waals surface area contributed by atoms with Crippen LogP contribution in [0, 0.1) is 13.8 Å². The minimum Gasteiger partial charge on any atom is -0.388 e. The number of hydrogen-bond acceptors (Lipinski definition) is 3. The lowest BCUT2D eigenvalue weighted by Crippen LogP contribution is -2.28. The smallest absolute Gasteiger partial charge is 0.0804 e. The van der Waals surface area contributed by atoms with E-state index in [0.29, 0.717) is 0 Å². The Morgan fingerprint density at radius 3 is 2.52 bits per heavy atom. The Balaban J connectivity index is 1.86. The maximum absolute atomic E-state index is 10.5. The van der Waals surface area contributed by atoms with E-state index < -0.39 is 0 Å². The summed E-state index contributed by atoms with van der Waals surface area (Å²) in [5.41, 5.74) is 4.75. The summed E-state index contributed by atoms with van der Waals surface area (Å²) in [4.78, 5) is 6.45. The maximum atomic E-state index is 10.5. The van der Waals surface area contributed by atoms with Crippen LogP contribution in [0.3, 0.4) is 0 Å². The zero-order chi connectivity index (χ0) is 16.7. The molecule has 3 heteroatoms.